The highest BCUT2D eigenvalue weighted by Gasteiger charge is 2.36. The third-order valence-corrected chi connectivity index (χ3v) is 4.41. The van der Waals surface area contributed by atoms with Gasteiger partial charge in [-0.15, -0.1) is 0 Å². The van der Waals surface area contributed by atoms with Crippen molar-refractivity contribution >= 4 is 11.7 Å². The zero-order valence-electron chi connectivity index (χ0n) is 14.6. The maximum atomic E-state index is 12.5. The van der Waals surface area contributed by atoms with Gasteiger partial charge in [-0.3, -0.25) is 9.78 Å². The number of rotatable bonds is 4. The molecule has 1 N–H and O–H groups in total. The van der Waals surface area contributed by atoms with Crippen LogP contribution in [0.4, 0.5) is 5.82 Å². The van der Waals surface area contributed by atoms with E-state index < -0.39 is 5.60 Å². The number of β-amino-alcohol motifs (C(OH)–C–C–N with tert-alkyl or cyclic N) is 1. The van der Waals surface area contributed by atoms with Crippen molar-refractivity contribution in [2.24, 2.45) is 0 Å². The predicted molar refractivity (Wildman–Crippen MR) is 94.4 cm³/mol. The summed E-state index contributed by atoms with van der Waals surface area (Å²) in [6.07, 6.45) is 6.28. The van der Waals surface area contributed by atoms with E-state index in [2.05, 4.69) is 19.9 Å². The zero-order valence-corrected chi connectivity index (χ0v) is 14.6. The first-order valence-corrected chi connectivity index (χ1v) is 8.39. The van der Waals surface area contributed by atoms with E-state index in [1.54, 1.807) is 19.4 Å². The maximum Gasteiger partial charge on any atom is 0.273 e. The predicted octanol–water partition coefficient (Wildman–Crippen LogP) is 1.28. The number of aliphatic hydroxyl groups is 1. The van der Waals surface area contributed by atoms with Crippen LogP contribution < -0.4 is 4.90 Å². The summed E-state index contributed by atoms with van der Waals surface area (Å²) in [6.45, 7) is 3.36. The minimum atomic E-state index is -0.974. The molecule has 3 rings (SSSR count). The summed E-state index contributed by atoms with van der Waals surface area (Å²) in [6, 6.07) is 5.74. The van der Waals surface area contributed by atoms with Gasteiger partial charge in [0.25, 0.3) is 5.91 Å². The Balaban J connectivity index is 1.68. The van der Waals surface area contributed by atoms with E-state index in [1.807, 2.05) is 25.1 Å². The average Bonchev–Trinajstić information content (AvgIpc) is 2.62. The van der Waals surface area contributed by atoms with Crippen LogP contribution in [0.3, 0.4) is 0 Å². The van der Waals surface area contributed by atoms with Gasteiger partial charge >= 0.3 is 0 Å². The molecule has 1 fully saturated rings. The summed E-state index contributed by atoms with van der Waals surface area (Å²) in [5.74, 6) is 0.606. The van der Waals surface area contributed by atoms with Crippen molar-refractivity contribution in [3.8, 4) is 0 Å². The van der Waals surface area contributed by atoms with Crippen LogP contribution in [0.1, 0.15) is 29.0 Å². The largest absolute Gasteiger partial charge is 0.386 e. The molecule has 0 radical (unpaired) electrons. The number of aryl methyl sites for hydroxylation is 1. The van der Waals surface area contributed by atoms with E-state index in [-0.39, 0.29) is 18.1 Å². The van der Waals surface area contributed by atoms with E-state index in [9.17, 15) is 9.90 Å². The van der Waals surface area contributed by atoms with Gasteiger partial charge in [0.2, 0.25) is 0 Å². The molecule has 1 aliphatic heterocycles. The number of hydrogen-bond donors (Lipinski definition) is 1. The van der Waals surface area contributed by atoms with Gasteiger partial charge in [0.05, 0.1) is 24.0 Å². The Bertz CT molecular complexity index is 722. The van der Waals surface area contributed by atoms with Crippen LogP contribution in [-0.2, 0) is 0 Å². The lowest BCUT2D eigenvalue weighted by Gasteiger charge is -2.41. The molecule has 0 saturated carbocycles. The fourth-order valence-electron chi connectivity index (χ4n) is 3.19. The Kier molecular flexibility index (Phi) is 4.94. The Morgan fingerprint density at radius 3 is 2.84 bits per heavy atom. The minimum Gasteiger partial charge on any atom is -0.386 e. The van der Waals surface area contributed by atoms with Crippen LogP contribution in [-0.4, -0.2) is 63.1 Å². The molecule has 132 valence electrons. The Labute approximate surface area is 147 Å². The van der Waals surface area contributed by atoms with Crippen molar-refractivity contribution in [2.45, 2.75) is 25.4 Å². The number of pyridine rings is 1. The highest BCUT2D eigenvalue weighted by molar-refractivity contribution is 5.91. The van der Waals surface area contributed by atoms with Crippen molar-refractivity contribution < 1.29 is 9.90 Å². The number of amides is 1. The molecule has 0 aromatic carbocycles. The zero-order chi connectivity index (χ0) is 17.9. The Hall–Kier alpha value is -2.54. The van der Waals surface area contributed by atoms with Crippen LogP contribution in [0.5, 0.6) is 0 Å². The van der Waals surface area contributed by atoms with E-state index in [0.717, 1.165) is 24.5 Å². The molecule has 0 aliphatic carbocycles. The average molecular weight is 341 g/mol. The number of piperidine rings is 1. The van der Waals surface area contributed by atoms with Crippen molar-refractivity contribution in [3.63, 3.8) is 0 Å². The molecule has 2 aromatic rings. The summed E-state index contributed by atoms with van der Waals surface area (Å²) in [7, 11) is 1.68. The standard InChI is InChI=1S/C18H23N5O2/c1-14-10-21-15(11-20-14)17(24)22(2)12-18(25)7-5-9-23(13-18)16-6-3-4-8-19-16/h3-4,6,8,10-11,25H,5,7,9,12-13H2,1-2H3. The molecule has 0 bridgehead atoms. The summed E-state index contributed by atoms with van der Waals surface area (Å²) >= 11 is 0. The third-order valence-electron chi connectivity index (χ3n) is 4.41. The number of hydrogen-bond acceptors (Lipinski definition) is 6. The lowest BCUT2D eigenvalue weighted by molar-refractivity contribution is -0.000291. The first-order chi connectivity index (χ1) is 12.0. The minimum absolute atomic E-state index is 0.240. The van der Waals surface area contributed by atoms with Gasteiger partial charge < -0.3 is 14.9 Å². The molecule has 7 heteroatoms. The number of carbonyl (C=O) groups excluding carboxylic acids is 1. The molecule has 3 heterocycles. The number of anilines is 1. The van der Waals surface area contributed by atoms with Crippen LogP contribution in [0.2, 0.25) is 0 Å². The van der Waals surface area contributed by atoms with Crippen LogP contribution >= 0.6 is 0 Å². The molecule has 2 aromatic heterocycles. The van der Waals surface area contributed by atoms with Crippen molar-refractivity contribution in [1.29, 1.82) is 0 Å². The number of carbonyl (C=O) groups is 1. The topological polar surface area (TPSA) is 82.5 Å². The molecule has 7 nitrogen and oxygen atoms in total. The number of aromatic nitrogens is 3. The highest BCUT2D eigenvalue weighted by atomic mass is 16.3. The summed E-state index contributed by atoms with van der Waals surface area (Å²) < 4.78 is 0. The molecular formula is C18H23N5O2. The van der Waals surface area contributed by atoms with Crippen LogP contribution in [0.15, 0.2) is 36.8 Å². The van der Waals surface area contributed by atoms with Crippen molar-refractivity contribution in [1.82, 2.24) is 19.9 Å². The maximum absolute atomic E-state index is 12.5. The molecule has 1 atom stereocenters. The second kappa shape index (κ2) is 7.14. The molecule has 25 heavy (non-hydrogen) atoms. The lowest BCUT2D eigenvalue weighted by atomic mass is 9.92. The third kappa shape index (κ3) is 4.11. The molecule has 0 spiro atoms. The van der Waals surface area contributed by atoms with Gasteiger partial charge in [-0.1, -0.05) is 6.07 Å². The molecule has 1 aliphatic rings. The lowest BCUT2D eigenvalue weighted by Crippen LogP contribution is -2.55. The second-order valence-corrected chi connectivity index (χ2v) is 6.64. The quantitative estimate of drug-likeness (QED) is 0.902. The van der Waals surface area contributed by atoms with Crippen molar-refractivity contribution in [2.75, 3.05) is 31.6 Å². The normalized spacial score (nSPS) is 20.4. The van der Waals surface area contributed by atoms with Gasteiger partial charge in [-0.05, 0) is 31.9 Å². The van der Waals surface area contributed by atoms with Gasteiger partial charge in [0.15, 0.2) is 0 Å². The Morgan fingerprint density at radius 2 is 2.16 bits per heavy atom. The Morgan fingerprint density at radius 1 is 1.32 bits per heavy atom. The van der Waals surface area contributed by atoms with Gasteiger partial charge in [-0.2, -0.15) is 0 Å². The highest BCUT2D eigenvalue weighted by Crippen LogP contribution is 2.25. The molecule has 1 unspecified atom stereocenters. The van der Waals surface area contributed by atoms with E-state index in [1.165, 1.54) is 11.1 Å². The fraction of sp³-hybridized carbons (Fsp3) is 0.444. The van der Waals surface area contributed by atoms with Gasteiger partial charge in [0.1, 0.15) is 11.5 Å². The second-order valence-electron chi connectivity index (χ2n) is 6.64. The SMILES string of the molecule is Cc1cnc(C(=O)N(C)CC2(O)CCCN(c3ccccn3)C2)cn1. The summed E-state index contributed by atoms with van der Waals surface area (Å²) in [5, 5.41) is 11.0. The van der Waals surface area contributed by atoms with E-state index >= 15 is 0 Å². The number of nitrogens with zero attached hydrogens (tertiary/aromatic N) is 5. The summed E-state index contributed by atoms with van der Waals surface area (Å²) in [4.78, 5) is 28.7. The van der Waals surface area contributed by atoms with Crippen molar-refractivity contribution in [3.05, 3.63) is 48.2 Å². The monoisotopic (exact) mass is 341 g/mol. The van der Waals surface area contributed by atoms with Gasteiger partial charge in [-0.25, -0.2) is 9.97 Å². The van der Waals surface area contributed by atoms with E-state index in [0.29, 0.717) is 13.0 Å². The summed E-state index contributed by atoms with van der Waals surface area (Å²) in [5.41, 5.74) is 0.0726. The van der Waals surface area contributed by atoms with Crippen LogP contribution in [0, 0.1) is 6.92 Å². The number of likely N-dealkylation sites (N-methyl/N-ethyl adjacent to an activating group) is 1. The fourth-order valence-corrected chi connectivity index (χ4v) is 3.19. The van der Waals surface area contributed by atoms with Gasteiger partial charge in [0, 0.05) is 32.5 Å². The first-order valence-electron chi connectivity index (χ1n) is 8.39. The van der Waals surface area contributed by atoms with Crippen LogP contribution in [0.25, 0.3) is 0 Å². The smallest absolute Gasteiger partial charge is 0.273 e. The molecule has 1 saturated heterocycles. The molecular weight excluding hydrogens is 318 g/mol. The van der Waals surface area contributed by atoms with E-state index in [4.69, 9.17) is 0 Å². The first kappa shape index (κ1) is 17.3. The molecule has 1 amide bonds.